The smallest absolute Gasteiger partial charge is 0.305 e. The predicted octanol–water partition coefficient (Wildman–Crippen LogP) is -1.34. The molecular weight excluding hydrogens is 228 g/mol. The molecule has 1 aliphatic rings. The number of nitrogens with two attached hydrogens (primary N) is 1. The first-order chi connectivity index (χ1) is 7.99. The van der Waals surface area contributed by atoms with Gasteiger partial charge in [-0.2, -0.15) is 0 Å². The Hall–Kier alpha value is -1.18. The summed E-state index contributed by atoms with van der Waals surface area (Å²) < 4.78 is 10.4. The first-order valence-corrected chi connectivity index (χ1v) is 5.31. The summed E-state index contributed by atoms with van der Waals surface area (Å²) >= 11 is 0. The summed E-state index contributed by atoms with van der Waals surface area (Å²) in [5, 5.41) is 8.57. The number of carbonyl (C=O) groups is 2. The fourth-order valence-electron chi connectivity index (χ4n) is 1.89. The molecule has 0 radical (unpaired) electrons. The van der Waals surface area contributed by atoms with E-state index in [1.165, 1.54) is 4.90 Å². The van der Waals surface area contributed by atoms with Gasteiger partial charge in [0.15, 0.2) is 0 Å². The van der Waals surface area contributed by atoms with Crippen LogP contribution in [0.4, 0.5) is 0 Å². The second-order valence-corrected chi connectivity index (χ2v) is 4.00. The second kappa shape index (κ2) is 5.95. The van der Waals surface area contributed by atoms with Crippen molar-refractivity contribution < 1.29 is 24.2 Å². The SMILES string of the molecule is COC1CN(C(=O)C(N)CC(=O)O)CC1OC. The number of nitrogens with zero attached hydrogens (tertiary/aromatic N) is 1. The Morgan fingerprint density at radius 3 is 2.18 bits per heavy atom. The van der Waals surface area contributed by atoms with Crippen molar-refractivity contribution in [2.75, 3.05) is 27.3 Å². The zero-order chi connectivity index (χ0) is 13.0. The molecule has 1 heterocycles. The predicted molar refractivity (Wildman–Crippen MR) is 58.4 cm³/mol. The van der Waals surface area contributed by atoms with Gasteiger partial charge in [0.1, 0.15) is 12.2 Å². The summed E-state index contributed by atoms with van der Waals surface area (Å²) in [5.74, 6) is -1.47. The molecule has 3 atom stereocenters. The Morgan fingerprint density at radius 1 is 1.35 bits per heavy atom. The van der Waals surface area contributed by atoms with Crippen LogP contribution in [0.5, 0.6) is 0 Å². The number of likely N-dealkylation sites (tertiary alicyclic amines) is 1. The number of ether oxygens (including phenoxy) is 2. The molecule has 7 nitrogen and oxygen atoms in total. The molecule has 98 valence electrons. The Morgan fingerprint density at radius 2 is 1.82 bits per heavy atom. The summed E-state index contributed by atoms with van der Waals surface area (Å²) in [6, 6.07) is -1.01. The Kier molecular flexibility index (Phi) is 4.86. The molecule has 1 rings (SSSR count). The van der Waals surface area contributed by atoms with Gasteiger partial charge in [0, 0.05) is 27.3 Å². The molecule has 1 saturated heterocycles. The first-order valence-electron chi connectivity index (χ1n) is 5.31. The van der Waals surface area contributed by atoms with Crippen molar-refractivity contribution in [3.05, 3.63) is 0 Å². The summed E-state index contributed by atoms with van der Waals surface area (Å²) in [5.41, 5.74) is 5.52. The molecule has 0 aromatic rings. The minimum absolute atomic E-state index is 0.194. The summed E-state index contributed by atoms with van der Waals surface area (Å²) in [6.45, 7) is 0.752. The van der Waals surface area contributed by atoms with E-state index in [9.17, 15) is 9.59 Å². The molecule has 0 spiro atoms. The maximum atomic E-state index is 11.8. The molecular formula is C10H18N2O5. The van der Waals surface area contributed by atoms with Crippen LogP contribution >= 0.6 is 0 Å². The second-order valence-electron chi connectivity index (χ2n) is 4.00. The minimum atomic E-state index is -1.09. The van der Waals surface area contributed by atoms with Gasteiger partial charge in [-0.3, -0.25) is 9.59 Å². The van der Waals surface area contributed by atoms with Crippen LogP contribution < -0.4 is 5.73 Å². The first kappa shape index (κ1) is 13.9. The van der Waals surface area contributed by atoms with Crippen molar-refractivity contribution in [1.29, 1.82) is 0 Å². The highest BCUT2D eigenvalue weighted by Crippen LogP contribution is 2.16. The fourth-order valence-corrected chi connectivity index (χ4v) is 1.89. The highest BCUT2D eigenvalue weighted by atomic mass is 16.5. The molecule has 0 bridgehead atoms. The number of rotatable bonds is 5. The highest BCUT2D eigenvalue weighted by Gasteiger charge is 2.37. The van der Waals surface area contributed by atoms with Gasteiger partial charge in [-0.05, 0) is 0 Å². The van der Waals surface area contributed by atoms with E-state index in [0.29, 0.717) is 13.1 Å². The molecule has 17 heavy (non-hydrogen) atoms. The van der Waals surface area contributed by atoms with E-state index in [-0.39, 0.29) is 24.5 Å². The van der Waals surface area contributed by atoms with Crippen LogP contribution in [0, 0.1) is 0 Å². The van der Waals surface area contributed by atoms with Crippen molar-refractivity contribution in [3.63, 3.8) is 0 Å². The third-order valence-electron chi connectivity index (χ3n) is 2.84. The number of methoxy groups -OCH3 is 2. The molecule has 3 unspecified atom stereocenters. The zero-order valence-corrected chi connectivity index (χ0v) is 9.96. The van der Waals surface area contributed by atoms with E-state index in [0.717, 1.165) is 0 Å². The Balaban J connectivity index is 2.57. The number of hydrogen-bond donors (Lipinski definition) is 2. The van der Waals surface area contributed by atoms with Crippen molar-refractivity contribution in [3.8, 4) is 0 Å². The normalized spacial score (nSPS) is 25.9. The van der Waals surface area contributed by atoms with Crippen molar-refractivity contribution in [2.24, 2.45) is 5.73 Å². The van der Waals surface area contributed by atoms with Crippen LogP contribution in [0.1, 0.15) is 6.42 Å². The van der Waals surface area contributed by atoms with Gasteiger partial charge < -0.3 is 25.2 Å². The van der Waals surface area contributed by atoms with Crippen LogP contribution in [0.3, 0.4) is 0 Å². The lowest BCUT2D eigenvalue weighted by Gasteiger charge is -2.19. The number of carbonyl (C=O) groups excluding carboxylic acids is 1. The Bertz CT molecular complexity index is 284. The van der Waals surface area contributed by atoms with Crippen LogP contribution in [-0.2, 0) is 19.1 Å². The van der Waals surface area contributed by atoms with E-state index in [2.05, 4.69) is 0 Å². The van der Waals surface area contributed by atoms with E-state index < -0.39 is 12.0 Å². The quantitative estimate of drug-likeness (QED) is 0.622. The van der Waals surface area contributed by atoms with Crippen LogP contribution in [0.2, 0.25) is 0 Å². The lowest BCUT2D eigenvalue weighted by atomic mass is 10.2. The fraction of sp³-hybridized carbons (Fsp3) is 0.800. The lowest BCUT2D eigenvalue weighted by Crippen LogP contribution is -2.44. The minimum Gasteiger partial charge on any atom is -0.481 e. The average molecular weight is 246 g/mol. The summed E-state index contributed by atoms with van der Waals surface area (Å²) in [7, 11) is 3.09. The molecule has 0 saturated carbocycles. The van der Waals surface area contributed by atoms with E-state index in [1.54, 1.807) is 14.2 Å². The molecule has 1 amide bonds. The van der Waals surface area contributed by atoms with Gasteiger partial charge in [-0.25, -0.2) is 0 Å². The van der Waals surface area contributed by atoms with Gasteiger partial charge >= 0.3 is 5.97 Å². The number of carboxylic acids is 1. The van der Waals surface area contributed by atoms with Crippen LogP contribution in [0.25, 0.3) is 0 Å². The van der Waals surface area contributed by atoms with Crippen molar-refractivity contribution in [2.45, 2.75) is 24.7 Å². The van der Waals surface area contributed by atoms with Gasteiger partial charge in [-0.1, -0.05) is 0 Å². The molecule has 0 aromatic heterocycles. The molecule has 1 fully saturated rings. The van der Waals surface area contributed by atoms with Crippen LogP contribution in [-0.4, -0.2) is 67.4 Å². The standard InChI is InChI=1S/C10H18N2O5/c1-16-7-4-12(5-8(7)17-2)10(15)6(11)3-9(13)14/h6-8H,3-5,11H2,1-2H3,(H,13,14). The number of amides is 1. The largest absolute Gasteiger partial charge is 0.481 e. The number of hydrogen-bond acceptors (Lipinski definition) is 5. The van der Waals surface area contributed by atoms with Crippen molar-refractivity contribution >= 4 is 11.9 Å². The van der Waals surface area contributed by atoms with Gasteiger partial charge in [0.2, 0.25) is 5.91 Å². The highest BCUT2D eigenvalue weighted by molar-refractivity contribution is 5.86. The van der Waals surface area contributed by atoms with E-state index in [4.69, 9.17) is 20.3 Å². The zero-order valence-electron chi connectivity index (χ0n) is 9.96. The maximum Gasteiger partial charge on any atom is 0.305 e. The van der Waals surface area contributed by atoms with Gasteiger partial charge in [-0.15, -0.1) is 0 Å². The molecule has 3 N–H and O–H groups in total. The summed E-state index contributed by atoms with van der Waals surface area (Å²) in [4.78, 5) is 23.8. The number of aliphatic carboxylic acids is 1. The molecule has 0 aromatic carbocycles. The van der Waals surface area contributed by atoms with Crippen molar-refractivity contribution in [1.82, 2.24) is 4.90 Å². The Labute approximate surface area is 99.5 Å². The van der Waals surface area contributed by atoms with Gasteiger partial charge in [0.05, 0.1) is 12.5 Å². The molecule has 1 aliphatic heterocycles. The average Bonchev–Trinajstić information content (AvgIpc) is 2.69. The number of carboxylic acid groups (broad SMARTS) is 1. The maximum absolute atomic E-state index is 11.8. The van der Waals surface area contributed by atoms with E-state index in [1.807, 2.05) is 0 Å². The third kappa shape index (κ3) is 3.39. The van der Waals surface area contributed by atoms with Crippen LogP contribution in [0.15, 0.2) is 0 Å². The molecule has 7 heteroatoms. The monoisotopic (exact) mass is 246 g/mol. The van der Waals surface area contributed by atoms with E-state index >= 15 is 0 Å². The molecule has 0 aliphatic carbocycles. The summed E-state index contributed by atoms with van der Waals surface area (Å²) in [6.07, 6.45) is -0.757. The lowest BCUT2D eigenvalue weighted by molar-refractivity contribution is -0.141. The third-order valence-corrected chi connectivity index (χ3v) is 2.84. The van der Waals surface area contributed by atoms with Gasteiger partial charge in [0.25, 0.3) is 0 Å². The topological polar surface area (TPSA) is 102 Å².